The van der Waals surface area contributed by atoms with Crippen LogP contribution in [0.1, 0.15) is 22.3 Å². The molecule has 2 aromatic heterocycles. The van der Waals surface area contributed by atoms with Crippen molar-refractivity contribution in [3.63, 3.8) is 0 Å². The number of rotatable bonds is 5. The zero-order chi connectivity index (χ0) is 14.8. The maximum absolute atomic E-state index is 10.8. The lowest BCUT2D eigenvalue weighted by Crippen LogP contribution is -2.00. The van der Waals surface area contributed by atoms with E-state index in [0.717, 1.165) is 34.5 Å². The SMILES string of the molecule is CCn1nc(COc2csc(C(=O)O)c2)c2ccccc21. The Bertz CT molecular complexity index is 791. The minimum Gasteiger partial charge on any atom is -0.486 e. The molecule has 0 saturated carbocycles. The molecule has 0 atom stereocenters. The molecule has 0 unspecified atom stereocenters. The van der Waals surface area contributed by atoms with Gasteiger partial charge in [0.05, 0.1) is 5.52 Å². The molecule has 0 fully saturated rings. The molecule has 6 heteroatoms. The molecule has 0 amide bonds. The van der Waals surface area contributed by atoms with E-state index < -0.39 is 5.97 Å². The zero-order valence-corrected chi connectivity index (χ0v) is 12.3. The number of nitrogens with zero attached hydrogens (tertiary/aromatic N) is 2. The van der Waals surface area contributed by atoms with E-state index in [1.54, 1.807) is 5.38 Å². The third kappa shape index (κ3) is 2.62. The lowest BCUT2D eigenvalue weighted by molar-refractivity contribution is 0.0702. The summed E-state index contributed by atoms with van der Waals surface area (Å²) in [4.78, 5) is 11.1. The predicted molar refractivity (Wildman–Crippen MR) is 81.0 cm³/mol. The van der Waals surface area contributed by atoms with Gasteiger partial charge < -0.3 is 9.84 Å². The smallest absolute Gasteiger partial charge is 0.346 e. The number of aromatic carboxylic acids is 1. The summed E-state index contributed by atoms with van der Waals surface area (Å²) in [6.07, 6.45) is 0. The van der Waals surface area contributed by atoms with E-state index in [0.29, 0.717) is 12.4 Å². The summed E-state index contributed by atoms with van der Waals surface area (Å²) in [5, 5.41) is 16.2. The fraction of sp³-hybridized carbons (Fsp3) is 0.200. The van der Waals surface area contributed by atoms with E-state index in [9.17, 15) is 4.79 Å². The maximum atomic E-state index is 10.8. The molecule has 0 spiro atoms. The fourth-order valence-corrected chi connectivity index (χ4v) is 2.87. The van der Waals surface area contributed by atoms with Crippen LogP contribution in [0.2, 0.25) is 0 Å². The van der Waals surface area contributed by atoms with Gasteiger partial charge in [-0.15, -0.1) is 11.3 Å². The third-order valence-electron chi connectivity index (χ3n) is 3.20. The number of carboxylic acids is 1. The highest BCUT2D eigenvalue weighted by Crippen LogP contribution is 2.24. The second kappa shape index (κ2) is 5.57. The zero-order valence-electron chi connectivity index (χ0n) is 11.4. The van der Waals surface area contributed by atoms with E-state index in [1.165, 1.54) is 6.07 Å². The maximum Gasteiger partial charge on any atom is 0.346 e. The lowest BCUT2D eigenvalue weighted by Gasteiger charge is -2.00. The Morgan fingerprint density at radius 2 is 2.24 bits per heavy atom. The van der Waals surface area contributed by atoms with Crippen LogP contribution in [0.15, 0.2) is 35.7 Å². The molecule has 0 bridgehead atoms. The highest BCUT2D eigenvalue weighted by atomic mass is 32.1. The number of thiophene rings is 1. The van der Waals surface area contributed by atoms with Crippen molar-refractivity contribution in [2.45, 2.75) is 20.1 Å². The topological polar surface area (TPSA) is 64.4 Å². The van der Waals surface area contributed by atoms with Crippen LogP contribution in [-0.4, -0.2) is 20.9 Å². The van der Waals surface area contributed by atoms with Gasteiger partial charge in [-0.2, -0.15) is 5.10 Å². The van der Waals surface area contributed by atoms with E-state index in [2.05, 4.69) is 5.10 Å². The number of hydrogen-bond donors (Lipinski definition) is 1. The molecule has 3 rings (SSSR count). The second-order valence-electron chi connectivity index (χ2n) is 4.52. The minimum atomic E-state index is -0.935. The van der Waals surface area contributed by atoms with Crippen LogP contribution >= 0.6 is 11.3 Å². The lowest BCUT2D eigenvalue weighted by atomic mass is 10.2. The third-order valence-corrected chi connectivity index (χ3v) is 4.09. The van der Waals surface area contributed by atoms with Crippen molar-refractivity contribution in [2.24, 2.45) is 0 Å². The predicted octanol–water partition coefficient (Wildman–Crippen LogP) is 3.39. The number of fused-ring (bicyclic) bond motifs is 1. The average Bonchev–Trinajstić information content (AvgIpc) is 3.10. The van der Waals surface area contributed by atoms with Crippen molar-refractivity contribution in [3.05, 3.63) is 46.3 Å². The van der Waals surface area contributed by atoms with Crippen molar-refractivity contribution in [1.82, 2.24) is 9.78 Å². The minimum absolute atomic E-state index is 0.272. The summed E-state index contributed by atoms with van der Waals surface area (Å²) in [5.74, 6) is -0.372. The molecule has 21 heavy (non-hydrogen) atoms. The molecule has 0 radical (unpaired) electrons. The van der Waals surface area contributed by atoms with Crippen LogP contribution in [-0.2, 0) is 13.2 Å². The fourth-order valence-electron chi connectivity index (χ4n) is 2.20. The van der Waals surface area contributed by atoms with Crippen LogP contribution in [0, 0.1) is 0 Å². The second-order valence-corrected chi connectivity index (χ2v) is 5.43. The van der Waals surface area contributed by atoms with Gasteiger partial charge in [-0.05, 0) is 13.0 Å². The van der Waals surface area contributed by atoms with Crippen molar-refractivity contribution in [1.29, 1.82) is 0 Å². The molecule has 1 N–H and O–H groups in total. The first-order chi connectivity index (χ1) is 10.2. The van der Waals surface area contributed by atoms with Gasteiger partial charge >= 0.3 is 5.97 Å². The van der Waals surface area contributed by atoms with Crippen molar-refractivity contribution in [2.75, 3.05) is 0 Å². The summed E-state index contributed by atoms with van der Waals surface area (Å²) in [6, 6.07) is 9.54. The molecule has 1 aromatic carbocycles. The summed E-state index contributed by atoms with van der Waals surface area (Å²) in [5.41, 5.74) is 1.94. The van der Waals surface area contributed by atoms with E-state index in [4.69, 9.17) is 9.84 Å². The number of ether oxygens (including phenoxy) is 1. The van der Waals surface area contributed by atoms with Crippen LogP contribution in [0.4, 0.5) is 0 Å². The van der Waals surface area contributed by atoms with Gasteiger partial charge in [0.1, 0.15) is 22.9 Å². The molecule has 5 nitrogen and oxygen atoms in total. The molecule has 0 aliphatic heterocycles. The van der Waals surface area contributed by atoms with E-state index in [1.807, 2.05) is 35.9 Å². The first-order valence-corrected chi connectivity index (χ1v) is 7.46. The number of carboxylic acid groups (broad SMARTS) is 1. The summed E-state index contributed by atoms with van der Waals surface area (Å²) >= 11 is 1.16. The van der Waals surface area contributed by atoms with E-state index >= 15 is 0 Å². The number of carbonyl (C=O) groups is 1. The van der Waals surface area contributed by atoms with Crippen molar-refractivity contribution in [3.8, 4) is 5.75 Å². The van der Waals surface area contributed by atoms with Gasteiger partial charge in [0.15, 0.2) is 0 Å². The number of benzene rings is 1. The quantitative estimate of drug-likeness (QED) is 0.784. The van der Waals surface area contributed by atoms with Gasteiger partial charge in [-0.3, -0.25) is 4.68 Å². The van der Waals surface area contributed by atoms with Gasteiger partial charge in [0.2, 0.25) is 0 Å². The first kappa shape index (κ1) is 13.6. The molecule has 3 aromatic rings. The number of para-hydroxylation sites is 1. The van der Waals surface area contributed by atoms with Crippen molar-refractivity contribution < 1.29 is 14.6 Å². The Balaban J connectivity index is 1.83. The van der Waals surface area contributed by atoms with Gasteiger partial charge in [0.25, 0.3) is 0 Å². The van der Waals surface area contributed by atoms with Gasteiger partial charge in [-0.25, -0.2) is 4.79 Å². The molecule has 108 valence electrons. The highest BCUT2D eigenvalue weighted by molar-refractivity contribution is 7.12. The van der Waals surface area contributed by atoms with Crippen molar-refractivity contribution >= 4 is 28.2 Å². The Kier molecular flexibility index (Phi) is 3.62. The van der Waals surface area contributed by atoms with Crippen LogP contribution in [0.25, 0.3) is 10.9 Å². The monoisotopic (exact) mass is 302 g/mol. The Hall–Kier alpha value is -2.34. The molecular weight excluding hydrogens is 288 g/mol. The number of aromatic nitrogens is 2. The van der Waals surface area contributed by atoms with Crippen LogP contribution < -0.4 is 4.74 Å². The van der Waals surface area contributed by atoms with Crippen LogP contribution in [0.3, 0.4) is 0 Å². The van der Waals surface area contributed by atoms with E-state index in [-0.39, 0.29) is 4.88 Å². The number of aryl methyl sites for hydroxylation is 1. The normalized spacial score (nSPS) is 10.9. The molecule has 0 aliphatic carbocycles. The van der Waals surface area contributed by atoms with Gasteiger partial charge in [-0.1, -0.05) is 18.2 Å². The Morgan fingerprint density at radius 3 is 2.95 bits per heavy atom. The highest BCUT2D eigenvalue weighted by Gasteiger charge is 2.11. The van der Waals surface area contributed by atoms with Crippen LogP contribution in [0.5, 0.6) is 5.75 Å². The largest absolute Gasteiger partial charge is 0.486 e. The molecule has 2 heterocycles. The first-order valence-electron chi connectivity index (χ1n) is 6.58. The Labute approximate surface area is 125 Å². The average molecular weight is 302 g/mol. The molecule has 0 saturated heterocycles. The summed E-state index contributed by atoms with van der Waals surface area (Å²) in [7, 11) is 0. The molecular formula is C15H14N2O3S. The molecule has 0 aliphatic rings. The van der Waals surface area contributed by atoms with Gasteiger partial charge in [0, 0.05) is 23.4 Å². The Morgan fingerprint density at radius 1 is 1.43 bits per heavy atom. The summed E-state index contributed by atoms with van der Waals surface area (Å²) in [6.45, 7) is 3.16. The summed E-state index contributed by atoms with van der Waals surface area (Å²) < 4.78 is 7.59. The number of hydrogen-bond acceptors (Lipinski definition) is 4. The standard InChI is InChI=1S/C15H14N2O3S/c1-2-17-13-6-4-3-5-11(13)12(16-17)8-20-10-7-14(15(18)19)21-9-10/h3-7,9H,2,8H2,1H3,(H,18,19).